The van der Waals surface area contributed by atoms with Crippen molar-refractivity contribution in [1.82, 2.24) is 4.31 Å². The minimum atomic E-state index is -4.18. The number of ether oxygens (including phenoxy) is 1. The Bertz CT molecular complexity index is 1570. The lowest BCUT2D eigenvalue weighted by Gasteiger charge is -2.32. The number of aliphatic carboxylic acids is 1. The molecule has 0 aromatic heterocycles. The molecule has 1 aliphatic rings. The van der Waals surface area contributed by atoms with Gasteiger partial charge in [0, 0.05) is 39.9 Å². The largest absolute Gasteiger partial charge is 0.480 e. The van der Waals surface area contributed by atoms with E-state index in [1.165, 1.54) is 12.1 Å². The van der Waals surface area contributed by atoms with Crippen LogP contribution in [0.25, 0.3) is 0 Å². The van der Waals surface area contributed by atoms with Crippen molar-refractivity contribution < 1.29 is 27.9 Å². The molecule has 1 amide bonds. The first-order valence-electron chi connectivity index (χ1n) is 13.5. The highest BCUT2D eigenvalue weighted by Gasteiger charge is 2.39. The van der Waals surface area contributed by atoms with Crippen LogP contribution in [0.4, 0.5) is 5.69 Å². The number of carboxylic acid groups (broad SMARTS) is 1. The zero-order valence-electron chi connectivity index (χ0n) is 23.9. The molecule has 0 saturated carbocycles. The third-order valence-corrected chi connectivity index (χ3v) is 9.27. The van der Waals surface area contributed by atoms with E-state index < -0.39 is 34.7 Å². The Labute approximate surface area is 256 Å². The Morgan fingerprint density at radius 2 is 1.69 bits per heavy atom. The van der Waals surface area contributed by atoms with Crippen molar-refractivity contribution in [3.8, 4) is 0 Å². The highest BCUT2D eigenvalue weighted by atomic mass is 35.5. The van der Waals surface area contributed by atoms with Crippen molar-refractivity contribution in [3.05, 3.63) is 93.5 Å². The van der Waals surface area contributed by atoms with Gasteiger partial charge in [0.05, 0.1) is 4.90 Å². The highest BCUT2D eigenvalue weighted by Crippen LogP contribution is 2.42. The molecule has 1 aliphatic heterocycles. The summed E-state index contributed by atoms with van der Waals surface area (Å²) < 4.78 is 34.4. The van der Waals surface area contributed by atoms with E-state index >= 15 is 0 Å². The molecule has 8 nitrogen and oxygen atoms in total. The molecule has 4 rings (SSSR count). The minimum Gasteiger partial charge on any atom is -0.480 e. The average Bonchev–Trinajstić information content (AvgIpc) is 3.00. The Morgan fingerprint density at radius 1 is 1.02 bits per heavy atom. The van der Waals surface area contributed by atoms with Crippen molar-refractivity contribution in [3.63, 3.8) is 0 Å². The van der Waals surface area contributed by atoms with Gasteiger partial charge in [0.25, 0.3) is 5.91 Å². The number of benzene rings is 3. The number of amides is 1. The lowest BCUT2D eigenvalue weighted by Crippen LogP contribution is -2.45. The zero-order chi connectivity index (χ0) is 30.8. The molecule has 42 heavy (non-hydrogen) atoms. The van der Waals surface area contributed by atoms with Crippen molar-refractivity contribution in [1.29, 1.82) is 0 Å². The van der Waals surface area contributed by atoms with Crippen LogP contribution in [0.15, 0.2) is 71.6 Å². The molecule has 224 valence electrons. The molecule has 0 aliphatic carbocycles. The van der Waals surface area contributed by atoms with E-state index in [1.54, 1.807) is 53.4 Å². The fourth-order valence-corrected chi connectivity index (χ4v) is 6.70. The first-order valence-corrected chi connectivity index (χ1v) is 15.7. The minimum absolute atomic E-state index is 0.0344. The summed E-state index contributed by atoms with van der Waals surface area (Å²) in [6.45, 7) is 7.14. The van der Waals surface area contributed by atoms with Crippen molar-refractivity contribution in [2.24, 2.45) is 5.41 Å². The molecule has 11 heteroatoms. The number of hydrogen-bond acceptors (Lipinski definition) is 5. The van der Waals surface area contributed by atoms with Crippen LogP contribution in [-0.2, 0) is 24.3 Å². The molecule has 3 aromatic carbocycles. The van der Waals surface area contributed by atoms with Crippen molar-refractivity contribution >= 4 is 50.8 Å². The maximum atomic E-state index is 14.2. The molecule has 3 aromatic rings. The molecule has 0 spiro atoms. The summed E-state index contributed by atoms with van der Waals surface area (Å²) in [7, 11) is -4.18. The van der Waals surface area contributed by atoms with Crippen LogP contribution in [0.2, 0.25) is 10.0 Å². The number of hydrogen-bond donors (Lipinski definition) is 1. The molecule has 0 saturated heterocycles. The summed E-state index contributed by atoms with van der Waals surface area (Å²) >= 11 is 13.0. The molecular weight excluding hydrogens is 599 g/mol. The van der Waals surface area contributed by atoms with E-state index in [-0.39, 0.29) is 29.2 Å². The van der Waals surface area contributed by atoms with Crippen LogP contribution in [-0.4, -0.2) is 55.4 Å². The summed E-state index contributed by atoms with van der Waals surface area (Å²) in [4.78, 5) is 27.5. The number of halogens is 2. The van der Waals surface area contributed by atoms with E-state index in [4.69, 9.17) is 27.9 Å². The predicted octanol–water partition coefficient (Wildman–Crippen LogP) is 6.33. The van der Waals surface area contributed by atoms with Gasteiger partial charge in [-0.1, -0.05) is 79.9 Å². The standard InChI is InChI=1S/C31H34Cl2N2O6S/c1-20-9-12-22(13-10-20)42(39,40)34(18-28(36)37)16-15-27-30(38)35(19-31(2,3)4)26-14-11-21(32)17-24(26)29(41-27)23-7-5-6-8-25(23)33/h5-14,17,27,29H,15-16,18-19H2,1-4H3,(H,36,37). The van der Waals surface area contributed by atoms with Crippen molar-refractivity contribution in [2.45, 2.75) is 51.2 Å². The third kappa shape index (κ3) is 7.33. The van der Waals surface area contributed by atoms with Gasteiger partial charge in [-0.3, -0.25) is 9.59 Å². The number of carbonyl (C=O) groups excluding carboxylic acids is 1. The van der Waals surface area contributed by atoms with Gasteiger partial charge in [0.2, 0.25) is 10.0 Å². The Hall–Kier alpha value is -2.95. The number of anilines is 1. The lowest BCUT2D eigenvalue weighted by molar-refractivity contribution is -0.137. The molecule has 1 N–H and O–H groups in total. The predicted molar refractivity (Wildman–Crippen MR) is 164 cm³/mol. The van der Waals surface area contributed by atoms with Crippen LogP contribution in [0, 0.1) is 12.3 Å². The fourth-order valence-electron chi connectivity index (χ4n) is 4.88. The van der Waals surface area contributed by atoms with Crippen molar-refractivity contribution in [2.75, 3.05) is 24.5 Å². The monoisotopic (exact) mass is 632 g/mol. The first kappa shape index (κ1) is 32.0. The van der Waals surface area contributed by atoms with Gasteiger partial charge in [-0.05, 0) is 55.2 Å². The van der Waals surface area contributed by atoms with E-state index in [9.17, 15) is 23.1 Å². The van der Waals surface area contributed by atoms with E-state index in [0.29, 0.717) is 33.4 Å². The Balaban J connectivity index is 1.77. The van der Waals surface area contributed by atoms with Gasteiger partial charge in [-0.25, -0.2) is 8.42 Å². The number of sulfonamides is 1. The van der Waals surface area contributed by atoms with E-state index in [0.717, 1.165) is 9.87 Å². The molecule has 0 radical (unpaired) electrons. The normalized spacial score (nSPS) is 17.7. The summed E-state index contributed by atoms with van der Waals surface area (Å²) in [5.41, 5.74) is 2.44. The second-order valence-corrected chi connectivity index (χ2v) is 14.3. The third-order valence-electron chi connectivity index (χ3n) is 6.84. The lowest BCUT2D eigenvalue weighted by atomic mass is 9.94. The number of rotatable bonds is 9. The van der Waals surface area contributed by atoms with Gasteiger partial charge in [-0.15, -0.1) is 0 Å². The second-order valence-electron chi connectivity index (χ2n) is 11.5. The number of carboxylic acids is 1. The van der Waals surface area contributed by atoms with Crippen LogP contribution in [0.5, 0.6) is 0 Å². The second kappa shape index (κ2) is 12.7. The van der Waals surface area contributed by atoms with Gasteiger partial charge >= 0.3 is 5.97 Å². The summed E-state index contributed by atoms with van der Waals surface area (Å²) in [5.74, 6) is -1.68. The molecule has 0 bridgehead atoms. The van der Waals surface area contributed by atoms with Crippen LogP contribution >= 0.6 is 23.2 Å². The van der Waals surface area contributed by atoms with E-state index in [1.807, 2.05) is 33.8 Å². The number of aryl methyl sites for hydroxylation is 1. The molecule has 0 fully saturated rings. The van der Waals surface area contributed by atoms with E-state index in [2.05, 4.69) is 0 Å². The van der Waals surface area contributed by atoms with Gasteiger partial charge < -0.3 is 14.7 Å². The quantitative estimate of drug-likeness (QED) is 0.295. The first-order chi connectivity index (χ1) is 19.7. The smallest absolute Gasteiger partial charge is 0.318 e. The maximum absolute atomic E-state index is 14.2. The van der Waals surface area contributed by atoms with Gasteiger partial charge in [-0.2, -0.15) is 4.31 Å². The summed E-state index contributed by atoms with van der Waals surface area (Å²) in [6, 6.07) is 18.5. The highest BCUT2D eigenvalue weighted by molar-refractivity contribution is 7.89. The summed E-state index contributed by atoms with van der Waals surface area (Å²) in [6.07, 6.45) is -2.02. The number of fused-ring (bicyclic) bond motifs is 1. The Kier molecular flexibility index (Phi) is 9.69. The fraction of sp³-hybridized carbons (Fsp3) is 0.355. The zero-order valence-corrected chi connectivity index (χ0v) is 26.2. The summed E-state index contributed by atoms with van der Waals surface area (Å²) in [5, 5.41) is 10.4. The van der Waals surface area contributed by atoms with Gasteiger partial charge in [0.15, 0.2) is 0 Å². The Morgan fingerprint density at radius 3 is 2.31 bits per heavy atom. The van der Waals surface area contributed by atoms with Crippen LogP contribution in [0.1, 0.15) is 50.0 Å². The molecule has 2 atom stereocenters. The number of carbonyl (C=O) groups is 2. The molecule has 2 unspecified atom stereocenters. The van der Waals surface area contributed by atoms with Crippen LogP contribution in [0.3, 0.4) is 0 Å². The average molecular weight is 634 g/mol. The molecule has 1 heterocycles. The SMILES string of the molecule is Cc1ccc(S(=O)(=O)N(CCC2OC(c3ccccc3Cl)c3cc(Cl)ccc3N(CC(C)(C)C)C2=O)CC(=O)O)cc1. The topological polar surface area (TPSA) is 104 Å². The maximum Gasteiger partial charge on any atom is 0.318 e. The van der Waals surface area contributed by atoms with Gasteiger partial charge in [0.1, 0.15) is 18.8 Å². The van der Waals surface area contributed by atoms with Crippen LogP contribution < -0.4 is 4.90 Å². The molecular formula is C31H34Cl2N2O6S. The number of nitrogens with zero attached hydrogens (tertiary/aromatic N) is 2.